The van der Waals surface area contributed by atoms with Gasteiger partial charge in [-0.3, -0.25) is 15.0 Å². The maximum atomic E-state index is 11.7. The van der Waals surface area contributed by atoms with Crippen LogP contribution in [0.1, 0.15) is 0 Å². The number of nitro benzene ring substituents is 1. The molecular formula is C8H9N2O12P3. The van der Waals surface area contributed by atoms with Crippen molar-refractivity contribution in [3.63, 3.8) is 0 Å². The van der Waals surface area contributed by atoms with Crippen LogP contribution >= 0.6 is 23.5 Å². The van der Waals surface area contributed by atoms with Crippen LogP contribution in [0.4, 0.5) is 5.69 Å². The van der Waals surface area contributed by atoms with Crippen molar-refractivity contribution in [1.29, 1.82) is 0 Å². The fourth-order valence-corrected chi connectivity index (χ4v) is 4.73. The molecule has 0 aliphatic carbocycles. The summed E-state index contributed by atoms with van der Waals surface area (Å²) in [6.07, 6.45) is 1.01. The third kappa shape index (κ3) is 5.44. The zero-order valence-corrected chi connectivity index (χ0v) is 14.3. The van der Waals surface area contributed by atoms with Gasteiger partial charge in [-0.15, -0.1) is 0 Å². The highest BCUT2D eigenvalue weighted by molar-refractivity contribution is 7.66. The van der Waals surface area contributed by atoms with Gasteiger partial charge in [-0.25, -0.2) is 13.7 Å². The summed E-state index contributed by atoms with van der Waals surface area (Å²) in [7, 11) is -16.6. The summed E-state index contributed by atoms with van der Waals surface area (Å²) in [5.41, 5.74) is -0.109. The van der Waals surface area contributed by atoms with E-state index >= 15 is 0 Å². The van der Waals surface area contributed by atoms with E-state index in [0.29, 0.717) is 0 Å². The molecule has 0 aliphatic heterocycles. The first kappa shape index (κ1) is 19.7. The van der Waals surface area contributed by atoms with Gasteiger partial charge in [-0.1, -0.05) is 0 Å². The fraction of sp³-hybridized carbons (Fsp3) is 0. The molecule has 0 bridgehead atoms. The molecule has 2 aromatic rings. The quantitative estimate of drug-likeness (QED) is 0.247. The number of phosphoric ester groups is 1. The molecule has 17 heteroatoms. The Bertz CT molecular complexity index is 962. The van der Waals surface area contributed by atoms with E-state index in [1.165, 1.54) is 6.07 Å². The molecule has 0 amide bonds. The molecule has 138 valence electrons. The van der Waals surface area contributed by atoms with E-state index in [0.717, 1.165) is 18.3 Å². The number of fused-ring (bicyclic) bond motifs is 1. The molecule has 2 atom stereocenters. The third-order valence-corrected chi connectivity index (χ3v) is 6.22. The molecule has 2 unspecified atom stereocenters. The van der Waals surface area contributed by atoms with Crippen LogP contribution in [0.2, 0.25) is 0 Å². The Labute approximate surface area is 137 Å². The molecular weight excluding hydrogens is 409 g/mol. The van der Waals surface area contributed by atoms with E-state index in [9.17, 15) is 28.7 Å². The van der Waals surface area contributed by atoms with Crippen molar-refractivity contribution in [2.24, 2.45) is 0 Å². The average Bonchev–Trinajstić information content (AvgIpc) is 2.76. The number of aromatic amines is 1. The molecule has 0 fully saturated rings. The second-order valence-electron chi connectivity index (χ2n) is 4.32. The number of nitrogens with zero attached hydrogens (tertiary/aromatic N) is 1. The van der Waals surface area contributed by atoms with Crippen LogP contribution < -0.4 is 4.52 Å². The van der Waals surface area contributed by atoms with E-state index < -0.39 is 34.1 Å². The van der Waals surface area contributed by atoms with Gasteiger partial charge in [0.2, 0.25) is 0 Å². The van der Waals surface area contributed by atoms with Crippen molar-refractivity contribution < 1.29 is 51.3 Å². The smallest absolute Gasteiger partial charge is 0.402 e. The topological polar surface area (TPSA) is 219 Å². The molecule has 25 heavy (non-hydrogen) atoms. The minimum Gasteiger partial charge on any atom is -0.402 e. The summed E-state index contributed by atoms with van der Waals surface area (Å²) < 4.78 is 45.2. The van der Waals surface area contributed by atoms with Gasteiger partial charge in [-0.05, 0) is 6.07 Å². The zero-order chi connectivity index (χ0) is 19.0. The van der Waals surface area contributed by atoms with Gasteiger partial charge in [-0.2, -0.15) is 8.62 Å². The van der Waals surface area contributed by atoms with Gasteiger partial charge >= 0.3 is 23.5 Å². The third-order valence-electron chi connectivity index (χ3n) is 2.47. The minimum atomic E-state index is -5.66. The van der Waals surface area contributed by atoms with E-state index in [2.05, 4.69) is 18.1 Å². The summed E-state index contributed by atoms with van der Waals surface area (Å²) >= 11 is 0. The van der Waals surface area contributed by atoms with Crippen LogP contribution in [-0.2, 0) is 22.3 Å². The lowest BCUT2D eigenvalue weighted by Gasteiger charge is -2.16. The lowest BCUT2D eigenvalue weighted by Crippen LogP contribution is -1.98. The van der Waals surface area contributed by atoms with Crippen LogP contribution in [0.15, 0.2) is 24.4 Å². The van der Waals surface area contributed by atoms with Crippen LogP contribution in [0.5, 0.6) is 5.75 Å². The standard InChI is InChI=1S/C8H9N2O12P3/c11-10(12)5-1-2-7-6(3-5)8(4-9-7)20-24(16,17)22-25(18,19)21-23(13,14)15/h1-4,9H,(H,16,17)(H,18,19)(H2,13,14,15). The molecule has 2 rings (SSSR count). The van der Waals surface area contributed by atoms with Gasteiger partial charge in [0.25, 0.3) is 5.69 Å². The molecule has 0 radical (unpaired) electrons. The van der Waals surface area contributed by atoms with Crippen LogP contribution in [0.3, 0.4) is 0 Å². The number of non-ortho nitro benzene ring substituents is 1. The highest BCUT2D eigenvalue weighted by Crippen LogP contribution is 2.66. The largest absolute Gasteiger partial charge is 0.536 e. The van der Waals surface area contributed by atoms with E-state index in [4.69, 9.17) is 14.7 Å². The first-order valence-electron chi connectivity index (χ1n) is 5.87. The second-order valence-corrected chi connectivity index (χ2v) is 8.67. The van der Waals surface area contributed by atoms with E-state index in [-0.39, 0.29) is 16.6 Å². The lowest BCUT2D eigenvalue weighted by molar-refractivity contribution is -0.384. The number of benzene rings is 1. The maximum absolute atomic E-state index is 11.7. The average molecular weight is 418 g/mol. The molecule has 1 aromatic heterocycles. The summed E-state index contributed by atoms with van der Waals surface area (Å²) in [4.78, 5) is 47.9. The second kappa shape index (κ2) is 6.61. The van der Waals surface area contributed by atoms with Gasteiger partial charge in [0.1, 0.15) is 0 Å². The van der Waals surface area contributed by atoms with Crippen LogP contribution in [0.25, 0.3) is 10.9 Å². The number of nitrogens with one attached hydrogen (secondary N) is 1. The fourth-order valence-electron chi connectivity index (χ4n) is 1.69. The number of H-pyrrole nitrogens is 1. The first-order valence-corrected chi connectivity index (χ1v) is 10.4. The summed E-state index contributed by atoms with van der Waals surface area (Å²) in [5.74, 6) is -0.458. The van der Waals surface area contributed by atoms with Crippen molar-refractivity contribution in [2.45, 2.75) is 0 Å². The lowest BCUT2D eigenvalue weighted by atomic mass is 10.2. The van der Waals surface area contributed by atoms with E-state index in [1.807, 2.05) is 0 Å². The SMILES string of the molecule is O=[N+]([O-])c1ccc2[nH]cc(OP(=O)(O)OP(=O)(O)OP(=O)(O)O)c2c1. The minimum absolute atomic E-state index is 0.0317. The molecule has 14 nitrogen and oxygen atoms in total. The zero-order valence-electron chi connectivity index (χ0n) is 11.7. The number of aromatic nitrogens is 1. The normalized spacial score (nSPS) is 17.0. The molecule has 0 spiro atoms. The predicted molar refractivity (Wildman–Crippen MR) is 79.4 cm³/mol. The highest BCUT2D eigenvalue weighted by atomic mass is 31.3. The number of rotatable bonds is 7. The first-order chi connectivity index (χ1) is 11.3. The van der Waals surface area contributed by atoms with Crippen molar-refractivity contribution in [3.8, 4) is 5.75 Å². The van der Waals surface area contributed by atoms with Gasteiger partial charge < -0.3 is 24.2 Å². The molecule has 5 N–H and O–H groups in total. The molecule has 1 aromatic carbocycles. The Morgan fingerprint density at radius 1 is 1.04 bits per heavy atom. The van der Waals surface area contributed by atoms with Gasteiger partial charge in [0.05, 0.1) is 4.92 Å². The van der Waals surface area contributed by atoms with Gasteiger partial charge in [0.15, 0.2) is 5.75 Å². The Kier molecular flexibility index (Phi) is 5.22. The van der Waals surface area contributed by atoms with Crippen molar-refractivity contribution in [1.82, 2.24) is 4.98 Å². The van der Waals surface area contributed by atoms with Crippen molar-refractivity contribution in [2.75, 3.05) is 0 Å². The van der Waals surface area contributed by atoms with E-state index in [1.54, 1.807) is 0 Å². The van der Waals surface area contributed by atoms with Gasteiger partial charge in [0, 0.05) is 29.2 Å². The molecule has 1 heterocycles. The number of phosphoric acid groups is 3. The number of nitro groups is 1. The molecule has 0 saturated carbocycles. The Hall–Kier alpha value is -1.59. The Morgan fingerprint density at radius 2 is 1.68 bits per heavy atom. The predicted octanol–water partition coefficient (Wildman–Crippen LogP) is 1.78. The summed E-state index contributed by atoms with van der Waals surface area (Å²) in [5, 5.41) is 10.7. The summed E-state index contributed by atoms with van der Waals surface area (Å²) in [6, 6.07) is 3.41. The summed E-state index contributed by atoms with van der Waals surface area (Å²) in [6.45, 7) is 0. The monoisotopic (exact) mass is 418 g/mol. The van der Waals surface area contributed by atoms with Crippen LogP contribution in [0, 0.1) is 10.1 Å². The van der Waals surface area contributed by atoms with Crippen LogP contribution in [-0.4, -0.2) is 29.5 Å². The Morgan fingerprint density at radius 3 is 2.24 bits per heavy atom. The highest BCUT2D eigenvalue weighted by Gasteiger charge is 2.41. The maximum Gasteiger partial charge on any atom is 0.536 e. The Balaban J connectivity index is 2.28. The molecule has 0 saturated heterocycles. The van der Waals surface area contributed by atoms with Crippen molar-refractivity contribution >= 4 is 40.1 Å². The number of hydrogen-bond donors (Lipinski definition) is 5. The number of hydrogen-bond acceptors (Lipinski definition) is 8. The van der Waals surface area contributed by atoms with Crippen molar-refractivity contribution in [3.05, 3.63) is 34.5 Å². The molecule has 0 aliphatic rings.